The van der Waals surface area contributed by atoms with Gasteiger partial charge in [0.1, 0.15) is 0 Å². The predicted molar refractivity (Wildman–Crippen MR) is 67.5 cm³/mol. The maximum Gasteiger partial charge on any atom is 0.225 e. The van der Waals surface area contributed by atoms with Gasteiger partial charge in [-0.3, -0.25) is 4.79 Å². The van der Waals surface area contributed by atoms with Crippen LogP contribution in [0.15, 0.2) is 12.1 Å². The zero-order valence-electron chi connectivity index (χ0n) is 10.2. The fraction of sp³-hybridized carbons (Fsp3) is 0.500. The first-order chi connectivity index (χ1) is 7.92. The lowest BCUT2D eigenvalue weighted by Crippen LogP contribution is -2.37. The van der Waals surface area contributed by atoms with Gasteiger partial charge in [-0.2, -0.15) is 0 Å². The molecule has 1 amide bonds. The normalized spacial score (nSPS) is 24.0. The molecule has 2 heterocycles. The molecule has 0 radical (unpaired) electrons. The summed E-state index contributed by atoms with van der Waals surface area (Å²) in [6.07, 6.45) is 0.747. The Morgan fingerprint density at radius 1 is 1.53 bits per heavy atom. The highest BCUT2D eigenvalue weighted by molar-refractivity contribution is 5.82. The molecule has 4 N–H and O–H groups in total. The number of aryl methyl sites for hydroxylation is 1. The summed E-state index contributed by atoms with van der Waals surface area (Å²) < 4.78 is 0. The molecule has 5 heteroatoms. The number of anilines is 2. The number of nitrogens with two attached hydrogens (primary N) is 2. The van der Waals surface area contributed by atoms with Gasteiger partial charge in [0.25, 0.3) is 0 Å². The van der Waals surface area contributed by atoms with E-state index in [-0.39, 0.29) is 5.91 Å². The molecule has 0 bridgehead atoms. The molecule has 0 spiro atoms. The molecule has 0 aliphatic carbocycles. The highest BCUT2D eigenvalue weighted by atomic mass is 16.1. The molecule has 1 aliphatic rings. The number of nitrogens with zero attached hydrogens (tertiary/aromatic N) is 2. The molecule has 92 valence electrons. The molecule has 1 aromatic rings. The van der Waals surface area contributed by atoms with Crippen LogP contribution in [0.5, 0.6) is 0 Å². The number of rotatable bonds is 2. The van der Waals surface area contributed by atoms with Crippen LogP contribution in [0.25, 0.3) is 0 Å². The zero-order valence-corrected chi connectivity index (χ0v) is 10.2. The summed E-state index contributed by atoms with van der Waals surface area (Å²) in [5.41, 5.74) is 12.4. The Hall–Kier alpha value is -1.78. The van der Waals surface area contributed by atoms with Crippen molar-refractivity contribution in [2.45, 2.75) is 20.3 Å². The van der Waals surface area contributed by atoms with Crippen molar-refractivity contribution in [3.63, 3.8) is 0 Å². The predicted octanol–water partition coefficient (Wildman–Crippen LogP) is 0.674. The summed E-state index contributed by atoms with van der Waals surface area (Å²) >= 11 is 0. The number of carbonyl (C=O) groups is 1. The average Bonchev–Trinajstić information content (AvgIpc) is 2.66. The maximum atomic E-state index is 11.4. The molecule has 0 saturated carbocycles. The van der Waals surface area contributed by atoms with Crippen molar-refractivity contribution in [3.05, 3.63) is 17.8 Å². The summed E-state index contributed by atoms with van der Waals surface area (Å²) in [5, 5.41) is 0. The van der Waals surface area contributed by atoms with E-state index in [1.165, 1.54) is 0 Å². The third-order valence-corrected chi connectivity index (χ3v) is 3.41. The van der Waals surface area contributed by atoms with Crippen LogP contribution in [-0.2, 0) is 4.79 Å². The lowest BCUT2D eigenvalue weighted by Gasteiger charge is -2.22. The van der Waals surface area contributed by atoms with E-state index in [0.717, 1.165) is 24.5 Å². The fourth-order valence-corrected chi connectivity index (χ4v) is 2.15. The molecule has 17 heavy (non-hydrogen) atoms. The molecule has 0 aromatic carbocycles. The highest BCUT2D eigenvalue weighted by Crippen LogP contribution is 2.34. The van der Waals surface area contributed by atoms with E-state index in [1.54, 1.807) is 0 Å². The monoisotopic (exact) mass is 234 g/mol. The molecule has 2 rings (SSSR count). The van der Waals surface area contributed by atoms with Crippen LogP contribution in [0, 0.1) is 12.3 Å². The molecular formula is C12H18N4O. The van der Waals surface area contributed by atoms with Crippen molar-refractivity contribution in [2.75, 3.05) is 23.7 Å². The Kier molecular flexibility index (Phi) is 2.69. The van der Waals surface area contributed by atoms with Gasteiger partial charge in [0.05, 0.1) is 11.1 Å². The summed E-state index contributed by atoms with van der Waals surface area (Å²) in [6.45, 7) is 5.16. The van der Waals surface area contributed by atoms with Crippen LogP contribution in [0.4, 0.5) is 11.5 Å². The number of nitrogen functional groups attached to an aromatic ring is 1. The van der Waals surface area contributed by atoms with Gasteiger partial charge in [-0.15, -0.1) is 0 Å². The van der Waals surface area contributed by atoms with E-state index in [0.29, 0.717) is 12.2 Å². The van der Waals surface area contributed by atoms with Crippen LogP contribution in [0.3, 0.4) is 0 Å². The highest BCUT2D eigenvalue weighted by Gasteiger charge is 2.39. The second-order valence-electron chi connectivity index (χ2n) is 4.96. The average molecular weight is 234 g/mol. The molecule has 1 saturated heterocycles. The van der Waals surface area contributed by atoms with Crippen molar-refractivity contribution in [1.29, 1.82) is 0 Å². The van der Waals surface area contributed by atoms with E-state index in [2.05, 4.69) is 4.98 Å². The summed E-state index contributed by atoms with van der Waals surface area (Å²) in [5.74, 6) is 0.501. The number of aromatic nitrogens is 1. The SMILES string of the molecule is Cc1ccc(N)c(N2CCC(C)(C(N)=O)C2)n1. The minimum atomic E-state index is -0.474. The number of hydrogen-bond donors (Lipinski definition) is 2. The molecular weight excluding hydrogens is 216 g/mol. The van der Waals surface area contributed by atoms with Crippen molar-refractivity contribution in [1.82, 2.24) is 4.98 Å². The Labute approximate surface area is 101 Å². The first kappa shape index (κ1) is 11.7. The number of primary amides is 1. The fourth-order valence-electron chi connectivity index (χ4n) is 2.15. The summed E-state index contributed by atoms with van der Waals surface area (Å²) in [7, 11) is 0. The second kappa shape index (κ2) is 3.91. The topological polar surface area (TPSA) is 85.2 Å². The zero-order chi connectivity index (χ0) is 12.6. The Morgan fingerprint density at radius 3 is 2.82 bits per heavy atom. The van der Waals surface area contributed by atoms with Crippen molar-refractivity contribution >= 4 is 17.4 Å². The van der Waals surface area contributed by atoms with Gasteiger partial charge in [0.15, 0.2) is 5.82 Å². The van der Waals surface area contributed by atoms with E-state index in [1.807, 2.05) is 30.9 Å². The Bertz CT molecular complexity index is 460. The van der Waals surface area contributed by atoms with Gasteiger partial charge in [-0.05, 0) is 32.4 Å². The number of pyridine rings is 1. The van der Waals surface area contributed by atoms with Crippen molar-refractivity contribution in [3.8, 4) is 0 Å². The smallest absolute Gasteiger partial charge is 0.225 e. The summed E-state index contributed by atoms with van der Waals surface area (Å²) in [4.78, 5) is 17.9. The first-order valence-electron chi connectivity index (χ1n) is 5.70. The lowest BCUT2D eigenvalue weighted by molar-refractivity contribution is -0.125. The quantitative estimate of drug-likeness (QED) is 0.787. The van der Waals surface area contributed by atoms with Crippen LogP contribution in [-0.4, -0.2) is 24.0 Å². The van der Waals surface area contributed by atoms with Crippen LogP contribution in [0.2, 0.25) is 0 Å². The van der Waals surface area contributed by atoms with Gasteiger partial charge >= 0.3 is 0 Å². The van der Waals surface area contributed by atoms with Crippen LogP contribution >= 0.6 is 0 Å². The molecule has 1 aliphatic heterocycles. The van der Waals surface area contributed by atoms with Crippen molar-refractivity contribution in [2.24, 2.45) is 11.1 Å². The van der Waals surface area contributed by atoms with Crippen LogP contribution < -0.4 is 16.4 Å². The maximum absolute atomic E-state index is 11.4. The third kappa shape index (κ3) is 2.05. The van der Waals surface area contributed by atoms with Gasteiger partial charge in [0.2, 0.25) is 5.91 Å². The molecule has 1 fully saturated rings. The van der Waals surface area contributed by atoms with Gasteiger partial charge < -0.3 is 16.4 Å². The van der Waals surface area contributed by atoms with Gasteiger partial charge in [0, 0.05) is 18.8 Å². The molecule has 1 aromatic heterocycles. The minimum Gasteiger partial charge on any atom is -0.396 e. The van der Waals surface area contributed by atoms with Gasteiger partial charge in [-0.1, -0.05) is 0 Å². The largest absolute Gasteiger partial charge is 0.396 e. The molecule has 1 atom stereocenters. The van der Waals surface area contributed by atoms with Crippen molar-refractivity contribution < 1.29 is 4.79 Å². The lowest BCUT2D eigenvalue weighted by atomic mass is 9.89. The summed E-state index contributed by atoms with van der Waals surface area (Å²) in [6, 6.07) is 3.72. The number of hydrogen-bond acceptors (Lipinski definition) is 4. The van der Waals surface area contributed by atoms with Crippen LogP contribution in [0.1, 0.15) is 19.0 Å². The third-order valence-electron chi connectivity index (χ3n) is 3.41. The Balaban J connectivity index is 2.26. The molecule has 1 unspecified atom stereocenters. The first-order valence-corrected chi connectivity index (χ1v) is 5.70. The number of carbonyl (C=O) groups excluding carboxylic acids is 1. The van der Waals surface area contributed by atoms with E-state index in [4.69, 9.17) is 11.5 Å². The van der Waals surface area contributed by atoms with E-state index >= 15 is 0 Å². The minimum absolute atomic E-state index is 0.258. The van der Waals surface area contributed by atoms with Gasteiger partial charge in [-0.25, -0.2) is 4.98 Å². The van der Waals surface area contributed by atoms with E-state index < -0.39 is 5.41 Å². The Morgan fingerprint density at radius 2 is 2.24 bits per heavy atom. The molecule has 5 nitrogen and oxygen atoms in total. The number of amides is 1. The standard InChI is InChI=1S/C12H18N4O/c1-8-3-4-9(13)10(15-8)16-6-5-12(2,7-16)11(14)17/h3-4H,5-7,13H2,1-2H3,(H2,14,17). The second-order valence-corrected chi connectivity index (χ2v) is 4.96. The van der Waals surface area contributed by atoms with E-state index in [9.17, 15) is 4.79 Å².